The standard InChI is InChI=1S/C21H20Cl2N2O3/c1-25-17-7-3-2-6-15(17)19(23)20(25)21(26)24-16-11-13(22)8-9-18(16)28-12-14-5-4-10-27-14/h2-3,6-9,11,14H,4-5,10,12H2,1H3,(H,24,26)/t14-/m1/s1. The molecule has 1 N–H and O–H groups in total. The lowest BCUT2D eigenvalue weighted by Gasteiger charge is -2.16. The fourth-order valence-electron chi connectivity index (χ4n) is 3.46. The highest BCUT2D eigenvalue weighted by atomic mass is 35.5. The van der Waals surface area contributed by atoms with E-state index in [2.05, 4.69) is 5.32 Å². The monoisotopic (exact) mass is 418 g/mol. The van der Waals surface area contributed by atoms with Gasteiger partial charge < -0.3 is 19.4 Å². The van der Waals surface area contributed by atoms with Crippen LogP contribution in [0.3, 0.4) is 0 Å². The second kappa shape index (κ2) is 8.03. The van der Waals surface area contributed by atoms with Crippen molar-refractivity contribution >= 4 is 45.7 Å². The predicted octanol–water partition coefficient (Wildman–Crippen LogP) is 5.30. The zero-order chi connectivity index (χ0) is 19.7. The third-order valence-corrected chi connectivity index (χ3v) is 5.52. The Bertz CT molecular complexity index is 987. The number of carbonyl (C=O) groups excluding carboxylic acids is 1. The number of benzene rings is 2. The van der Waals surface area contributed by atoms with Crippen LogP contribution >= 0.6 is 23.2 Å². The largest absolute Gasteiger partial charge is 0.489 e. The van der Waals surface area contributed by atoms with E-state index in [1.165, 1.54) is 0 Å². The maximum atomic E-state index is 13.0. The van der Waals surface area contributed by atoms with Crippen molar-refractivity contribution in [3.05, 3.63) is 58.2 Å². The second-order valence-electron chi connectivity index (χ2n) is 6.78. The number of hydrogen-bond acceptors (Lipinski definition) is 3. The number of rotatable bonds is 5. The van der Waals surface area contributed by atoms with Crippen molar-refractivity contribution in [3.8, 4) is 5.75 Å². The summed E-state index contributed by atoms with van der Waals surface area (Å²) in [7, 11) is 1.82. The van der Waals surface area contributed by atoms with Gasteiger partial charge in [-0.25, -0.2) is 0 Å². The van der Waals surface area contributed by atoms with Crippen molar-refractivity contribution in [2.45, 2.75) is 18.9 Å². The summed E-state index contributed by atoms with van der Waals surface area (Å²) in [5.41, 5.74) is 1.77. The molecule has 0 saturated carbocycles. The van der Waals surface area contributed by atoms with Crippen molar-refractivity contribution in [2.75, 3.05) is 18.5 Å². The van der Waals surface area contributed by atoms with Crippen molar-refractivity contribution < 1.29 is 14.3 Å². The molecule has 0 radical (unpaired) electrons. The molecule has 1 saturated heterocycles. The maximum Gasteiger partial charge on any atom is 0.273 e. The van der Waals surface area contributed by atoms with E-state index in [1.807, 2.05) is 31.3 Å². The minimum Gasteiger partial charge on any atom is -0.489 e. The number of aryl methyl sites for hydroxylation is 1. The first-order valence-corrected chi connectivity index (χ1v) is 9.88. The summed E-state index contributed by atoms with van der Waals surface area (Å²) in [6, 6.07) is 12.8. The van der Waals surface area contributed by atoms with Crippen molar-refractivity contribution in [1.29, 1.82) is 0 Å². The first kappa shape index (κ1) is 19.1. The average molecular weight is 419 g/mol. The molecule has 1 amide bonds. The van der Waals surface area contributed by atoms with E-state index in [9.17, 15) is 4.79 Å². The molecule has 2 aromatic carbocycles. The molecule has 7 heteroatoms. The van der Waals surface area contributed by atoms with Gasteiger partial charge in [0.05, 0.1) is 16.8 Å². The summed E-state index contributed by atoms with van der Waals surface area (Å²) in [5.74, 6) is 0.219. The normalized spacial score (nSPS) is 16.5. The van der Waals surface area contributed by atoms with E-state index < -0.39 is 0 Å². The zero-order valence-electron chi connectivity index (χ0n) is 15.4. The maximum absolute atomic E-state index is 13.0. The second-order valence-corrected chi connectivity index (χ2v) is 7.59. The first-order chi connectivity index (χ1) is 13.5. The van der Waals surface area contributed by atoms with E-state index >= 15 is 0 Å². The number of nitrogens with one attached hydrogen (secondary N) is 1. The third-order valence-electron chi connectivity index (χ3n) is 4.90. The van der Waals surface area contributed by atoms with Gasteiger partial charge in [-0.1, -0.05) is 41.4 Å². The summed E-state index contributed by atoms with van der Waals surface area (Å²) in [4.78, 5) is 13.0. The lowest BCUT2D eigenvalue weighted by atomic mass is 10.2. The molecule has 5 nitrogen and oxygen atoms in total. The predicted molar refractivity (Wildman–Crippen MR) is 112 cm³/mol. The Hall–Kier alpha value is -2.21. The molecular formula is C21H20Cl2N2O3. The number of aromatic nitrogens is 1. The molecule has 1 aliphatic heterocycles. The lowest BCUT2D eigenvalue weighted by Crippen LogP contribution is -2.19. The van der Waals surface area contributed by atoms with Crippen LogP contribution in [0.2, 0.25) is 10.0 Å². The number of para-hydroxylation sites is 1. The van der Waals surface area contributed by atoms with Gasteiger partial charge in [-0.3, -0.25) is 4.79 Å². The SMILES string of the molecule is Cn1c(C(=O)Nc2cc(Cl)ccc2OC[C@H]2CCCO2)c(Cl)c2ccccc21. The van der Waals surface area contributed by atoms with E-state index in [0.717, 1.165) is 30.4 Å². The molecule has 0 unspecified atom stereocenters. The zero-order valence-corrected chi connectivity index (χ0v) is 16.9. The van der Waals surface area contributed by atoms with Gasteiger partial charge >= 0.3 is 0 Å². The van der Waals surface area contributed by atoms with Crippen LogP contribution < -0.4 is 10.1 Å². The Kier molecular flexibility index (Phi) is 5.49. The van der Waals surface area contributed by atoms with Gasteiger partial charge in [0.2, 0.25) is 0 Å². The quantitative estimate of drug-likeness (QED) is 0.611. The molecule has 0 bridgehead atoms. The molecule has 0 spiro atoms. The highest BCUT2D eigenvalue weighted by molar-refractivity contribution is 6.39. The highest BCUT2D eigenvalue weighted by Crippen LogP contribution is 2.33. The average Bonchev–Trinajstić information content (AvgIpc) is 3.29. The minimum absolute atomic E-state index is 0.0758. The van der Waals surface area contributed by atoms with Crippen molar-refractivity contribution in [2.24, 2.45) is 7.05 Å². The summed E-state index contributed by atoms with van der Waals surface area (Å²) in [6.45, 7) is 1.19. The van der Waals surface area contributed by atoms with Crippen LogP contribution in [0.5, 0.6) is 5.75 Å². The van der Waals surface area contributed by atoms with E-state index in [0.29, 0.717) is 33.8 Å². The Morgan fingerprint density at radius 3 is 2.86 bits per heavy atom. The molecular weight excluding hydrogens is 399 g/mol. The molecule has 146 valence electrons. The molecule has 4 rings (SSSR count). The third kappa shape index (κ3) is 3.70. The van der Waals surface area contributed by atoms with Gasteiger partial charge in [0.15, 0.2) is 0 Å². The Labute approximate surface area is 173 Å². The number of hydrogen-bond donors (Lipinski definition) is 1. The number of amides is 1. The fourth-order valence-corrected chi connectivity index (χ4v) is 4.01. The number of carbonyl (C=O) groups is 1. The molecule has 0 aliphatic carbocycles. The van der Waals surface area contributed by atoms with Gasteiger partial charge in [0, 0.05) is 29.6 Å². The summed E-state index contributed by atoms with van der Waals surface area (Å²) >= 11 is 12.6. The number of halogens is 2. The first-order valence-electron chi connectivity index (χ1n) is 9.13. The van der Waals surface area contributed by atoms with E-state index in [1.54, 1.807) is 22.8 Å². The number of fused-ring (bicyclic) bond motifs is 1. The molecule has 1 aliphatic rings. The van der Waals surface area contributed by atoms with E-state index in [-0.39, 0.29) is 12.0 Å². The van der Waals surface area contributed by atoms with Crippen LogP contribution in [0.15, 0.2) is 42.5 Å². The van der Waals surface area contributed by atoms with Gasteiger partial charge in [0.1, 0.15) is 18.1 Å². The van der Waals surface area contributed by atoms with Crippen LogP contribution in [0.25, 0.3) is 10.9 Å². The lowest BCUT2D eigenvalue weighted by molar-refractivity contribution is 0.0682. The fraction of sp³-hybridized carbons (Fsp3) is 0.286. The van der Waals surface area contributed by atoms with Gasteiger partial charge in [-0.2, -0.15) is 0 Å². The smallest absolute Gasteiger partial charge is 0.273 e. The molecule has 1 fully saturated rings. The Morgan fingerprint density at radius 1 is 1.29 bits per heavy atom. The van der Waals surface area contributed by atoms with Gasteiger partial charge in [-0.05, 0) is 37.1 Å². The van der Waals surface area contributed by atoms with Gasteiger partial charge in [0.25, 0.3) is 5.91 Å². The molecule has 1 aromatic heterocycles. The topological polar surface area (TPSA) is 52.5 Å². The molecule has 28 heavy (non-hydrogen) atoms. The van der Waals surface area contributed by atoms with E-state index in [4.69, 9.17) is 32.7 Å². The van der Waals surface area contributed by atoms with Crippen LogP contribution in [-0.2, 0) is 11.8 Å². The van der Waals surface area contributed by atoms with Crippen molar-refractivity contribution in [3.63, 3.8) is 0 Å². The summed E-state index contributed by atoms with van der Waals surface area (Å²) in [6.07, 6.45) is 2.09. The number of anilines is 1. The summed E-state index contributed by atoms with van der Waals surface area (Å²) in [5, 5.41) is 4.64. The molecule has 2 heterocycles. The summed E-state index contributed by atoms with van der Waals surface area (Å²) < 4.78 is 13.3. The Morgan fingerprint density at radius 2 is 2.11 bits per heavy atom. The van der Waals surface area contributed by atoms with Crippen molar-refractivity contribution in [1.82, 2.24) is 4.57 Å². The molecule has 1 atom stereocenters. The van der Waals surface area contributed by atoms with Crippen LogP contribution in [-0.4, -0.2) is 29.8 Å². The van der Waals surface area contributed by atoms with Crippen LogP contribution in [0, 0.1) is 0 Å². The van der Waals surface area contributed by atoms with Crippen LogP contribution in [0.4, 0.5) is 5.69 Å². The molecule has 3 aromatic rings. The number of nitrogens with zero attached hydrogens (tertiary/aromatic N) is 1. The van der Waals surface area contributed by atoms with Crippen LogP contribution in [0.1, 0.15) is 23.3 Å². The minimum atomic E-state index is -0.326. The highest BCUT2D eigenvalue weighted by Gasteiger charge is 2.22. The Balaban J connectivity index is 1.60. The van der Waals surface area contributed by atoms with Gasteiger partial charge in [-0.15, -0.1) is 0 Å². The number of ether oxygens (including phenoxy) is 2.